The van der Waals surface area contributed by atoms with Crippen molar-refractivity contribution in [2.45, 2.75) is 51.9 Å². The summed E-state index contributed by atoms with van der Waals surface area (Å²) in [5.41, 5.74) is 1.74. The average molecular weight is 269 g/mol. The third-order valence-corrected chi connectivity index (χ3v) is 3.50. The highest BCUT2D eigenvalue weighted by Crippen LogP contribution is 2.30. The first-order valence-electron chi connectivity index (χ1n) is 5.82. The van der Waals surface area contributed by atoms with Crippen LogP contribution in [0.5, 0.6) is 0 Å². The molecule has 0 N–H and O–H groups in total. The lowest BCUT2D eigenvalue weighted by molar-refractivity contribution is 0.450. The molecule has 0 aliphatic heterocycles. The summed E-state index contributed by atoms with van der Waals surface area (Å²) in [7, 11) is 0. The summed E-state index contributed by atoms with van der Waals surface area (Å²) in [6, 6.07) is 8.69. The molecule has 0 unspecified atom stereocenters. The van der Waals surface area contributed by atoms with E-state index < -0.39 is 0 Å². The molecule has 1 aromatic carbocycles. The van der Waals surface area contributed by atoms with E-state index in [0.717, 1.165) is 0 Å². The Hall–Kier alpha value is -0.300. The Kier molecular flexibility index (Phi) is 4.85. The van der Waals surface area contributed by atoms with Crippen LogP contribution in [0.3, 0.4) is 0 Å². The van der Waals surface area contributed by atoms with Gasteiger partial charge in [-0.25, -0.2) is 0 Å². The van der Waals surface area contributed by atoms with Gasteiger partial charge < -0.3 is 0 Å². The minimum Gasteiger partial charge on any atom is -0.0654 e. The maximum Gasteiger partial charge on any atom is 0.0178 e. The first-order valence-corrected chi connectivity index (χ1v) is 6.61. The highest BCUT2D eigenvalue weighted by atomic mass is 79.9. The van der Waals surface area contributed by atoms with Crippen LogP contribution in [0, 0.1) is 0 Å². The van der Waals surface area contributed by atoms with Gasteiger partial charge in [0.25, 0.3) is 0 Å². The van der Waals surface area contributed by atoms with Gasteiger partial charge in [0.15, 0.2) is 0 Å². The second kappa shape index (κ2) is 5.69. The predicted octanol–water partition coefficient (Wildman–Crippen LogP) is 5.31. The normalized spacial score (nSPS) is 11.7. The zero-order valence-corrected chi connectivity index (χ0v) is 11.6. The van der Waals surface area contributed by atoms with E-state index in [9.17, 15) is 0 Å². The topological polar surface area (TPSA) is 0 Å². The van der Waals surface area contributed by atoms with Crippen LogP contribution in [0.4, 0.5) is 0 Å². The average Bonchev–Trinajstić information content (AvgIpc) is 2.18. The van der Waals surface area contributed by atoms with E-state index >= 15 is 0 Å². The Morgan fingerprint density at radius 3 is 2.53 bits per heavy atom. The molecule has 0 spiro atoms. The number of unbranched alkanes of at least 4 members (excludes halogenated alkanes) is 2. The van der Waals surface area contributed by atoms with Crippen molar-refractivity contribution >= 4 is 15.9 Å². The van der Waals surface area contributed by atoms with Crippen LogP contribution in [-0.4, -0.2) is 0 Å². The van der Waals surface area contributed by atoms with Crippen molar-refractivity contribution in [3.8, 4) is 0 Å². The van der Waals surface area contributed by atoms with Gasteiger partial charge in [0, 0.05) is 4.47 Å². The zero-order valence-electron chi connectivity index (χ0n) is 10.0. The van der Waals surface area contributed by atoms with E-state index in [4.69, 9.17) is 0 Å². The van der Waals surface area contributed by atoms with Crippen LogP contribution >= 0.6 is 15.9 Å². The number of benzene rings is 1. The summed E-state index contributed by atoms with van der Waals surface area (Å²) in [5.74, 6) is 0. The van der Waals surface area contributed by atoms with E-state index in [1.165, 1.54) is 35.7 Å². The third kappa shape index (κ3) is 3.98. The van der Waals surface area contributed by atoms with Gasteiger partial charge in [0.05, 0.1) is 0 Å². The largest absolute Gasteiger partial charge is 0.0654 e. The molecule has 1 heteroatoms. The first-order chi connectivity index (χ1) is 7.06. The molecule has 1 aromatic rings. The fourth-order valence-electron chi connectivity index (χ4n) is 1.87. The molecule has 0 saturated heterocycles. The van der Waals surface area contributed by atoms with Crippen LogP contribution in [0.15, 0.2) is 28.7 Å². The number of hydrogen-bond acceptors (Lipinski definition) is 0. The van der Waals surface area contributed by atoms with Gasteiger partial charge in [-0.15, -0.1) is 0 Å². The molecule has 0 amide bonds. The lowest BCUT2D eigenvalue weighted by atomic mass is 9.80. The highest BCUT2D eigenvalue weighted by Gasteiger charge is 2.19. The first kappa shape index (κ1) is 12.8. The standard InChI is InChI=1S/C14H21Br/c1-4-5-6-10-14(2,3)12-8-7-9-13(15)11-12/h7-9,11H,4-6,10H2,1-3H3. The van der Waals surface area contributed by atoms with Crippen molar-refractivity contribution in [3.63, 3.8) is 0 Å². The van der Waals surface area contributed by atoms with Gasteiger partial charge in [-0.05, 0) is 29.5 Å². The molecule has 1 rings (SSSR count). The van der Waals surface area contributed by atoms with E-state index in [1.807, 2.05) is 0 Å². The second-order valence-electron chi connectivity index (χ2n) is 4.85. The van der Waals surface area contributed by atoms with E-state index in [1.54, 1.807) is 0 Å². The summed E-state index contributed by atoms with van der Waals surface area (Å²) >= 11 is 3.54. The minimum absolute atomic E-state index is 0.305. The molecule has 0 aromatic heterocycles. The number of hydrogen-bond donors (Lipinski definition) is 0. The summed E-state index contributed by atoms with van der Waals surface area (Å²) in [4.78, 5) is 0. The number of rotatable bonds is 5. The Morgan fingerprint density at radius 1 is 1.20 bits per heavy atom. The van der Waals surface area contributed by atoms with Gasteiger partial charge in [-0.2, -0.15) is 0 Å². The van der Waals surface area contributed by atoms with Crippen molar-refractivity contribution in [1.82, 2.24) is 0 Å². The van der Waals surface area contributed by atoms with Gasteiger partial charge in [-0.3, -0.25) is 0 Å². The molecule has 84 valence electrons. The molecule has 0 fully saturated rings. The summed E-state index contributed by atoms with van der Waals surface area (Å²) < 4.78 is 1.18. The van der Waals surface area contributed by atoms with Gasteiger partial charge in [0.2, 0.25) is 0 Å². The molecule has 0 heterocycles. The molecule has 0 nitrogen and oxygen atoms in total. The Balaban J connectivity index is 2.67. The molecule has 0 saturated carbocycles. The Morgan fingerprint density at radius 2 is 1.93 bits per heavy atom. The lowest BCUT2D eigenvalue weighted by Gasteiger charge is -2.25. The second-order valence-corrected chi connectivity index (χ2v) is 5.77. The van der Waals surface area contributed by atoms with Crippen LogP contribution in [0.25, 0.3) is 0 Å². The maximum absolute atomic E-state index is 3.54. The molecule has 15 heavy (non-hydrogen) atoms. The SMILES string of the molecule is CCCCCC(C)(C)c1cccc(Br)c1. The predicted molar refractivity (Wildman–Crippen MR) is 71.3 cm³/mol. The quantitative estimate of drug-likeness (QED) is 0.636. The fraction of sp³-hybridized carbons (Fsp3) is 0.571. The van der Waals surface area contributed by atoms with Gasteiger partial charge >= 0.3 is 0 Å². The van der Waals surface area contributed by atoms with Gasteiger partial charge in [-0.1, -0.05) is 68.1 Å². The number of halogens is 1. The molecule has 0 bridgehead atoms. The molecule has 0 atom stereocenters. The van der Waals surface area contributed by atoms with Crippen molar-refractivity contribution < 1.29 is 0 Å². The maximum atomic E-state index is 3.54. The highest BCUT2D eigenvalue weighted by molar-refractivity contribution is 9.10. The van der Waals surface area contributed by atoms with Crippen LogP contribution < -0.4 is 0 Å². The molecular formula is C14H21Br. The smallest absolute Gasteiger partial charge is 0.0178 e. The Labute approximate surface area is 102 Å². The molecular weight excluding hydrogens is 248 g/mol. The molecule has 0 aliphatic carbocycles. The van der Waals surface area contributed by atoms with Crippen molar-refractivity contribution in [1.29, 1.82) is 0 Å². The van der Waals surface area contributed by atoms with Crippen molar-refractivity contribution in [3.05, 3.63) is 34.3 Å². The van der Waals surface area contributed by atoms with Crippen LogP contribution in [0.2, 0.25) is 0 Å². The van der Waals surface area contributed by atoms with Crippen molar-refractivity contribution in [2.24, 2.45) is 0 Å². The summed E-state index contributed by atoms with van der Waals surface area (Å²) in [5, 5.41) is 0. The molecule has 0 radical (unpaired) electrons. The van der Waals surface area contributed by atoms with Crippen LogP contribution in [-0.2, 0) is 5.41 Å². The fourth-order valence-corrected chi connectivity index (χ4v) is 2.27. The van der Waals surface area contributed by atoms with E-state index in [-0.39, 0.29) is 0 Å². The third-order valence-electron chi connectivity index (χ3n) is 3.01. The summed E-state index contributed by atoms with van der Waals surface area (Å²) in [6.45, 7) is 6.93. The lowest BCUT2D eigenvalue weighted by Crippen LogP contribution is -2.16. The molecule has 0 aliphatic rings. The minimum atomic E-state index is 0.305. The van der Waals surface area contributed by atoms with Crippen LogP contribution in [0.1, 0.15) is 52.0 Å². The Bertz CT molecular complexity index is 302. The monoisotopic (exact) mass is 268 g/mol. The zero-order chi connectivity index (χ0) is 11.3. The van der Waals surface area contributed by atoms with E-state index in [0.29, 0.717) is 5.41 Å². The van der Waals surface area contributed by atoms with Gasteiger partial charge in [0.1, 0.15) is 0 Å². The summed E-state index contributed by atoms with van der Waals surface area (Å²) in [6.07, 6.45) is 5.25. The van der Waals surface area contributed by atoms with Crippen molar-refractivity contribution in [2.75, 3.05) is 0 Å². The van der Waals surface area contributed by atoms with E-state index in [2.05, 4.69) is 61.0 Å².